The molecule has 0 N–H and O–H groups in total. The summed E-state index contributed by atoms with van der Waals surface area (Å²) in [6.45, 7) is 17.4. The molecule has 94 heavy (non-hydrogen) atoms. The molecule has 15 heteroatoms. The van der Waals surface area contributed by atoms with Gasteiger partial charge in [-0.3, -0.25) is 0 Å². The maximum atomic E-state index is 17.3. The molecule has 6 aliphatic heterocycles. The molecular formula is C79H52B3F4NO5S2. The number of hydrogen-bond donors (Lipinski definition) is 0. The molecule has 0 amide bonds. The van der Waals surface area contributed by atoms with E-state index in [-0.39, 0.29) is 11.5 Å². The van der Waals surface area contributed by atoms with Crippen LogP contribution in [0.15, 0.2) is 152 Å². The molecule has 19 rings (SSSR count). The molecule has 0 unspecified atom stereocenters. The number of benzene rings is 11. The van der Waals surface area contributed by atoms with Gasteiger partial charge >= 0.3 is 0 Å². The van der Waals surface area contributed by atoms with E-state index in [1.54, 1.807) is 28.4 Å². The predicted molar refractivity (Wildman–Crippen MR) is 377 cm³/mol. The van der Waals surface area contributed by atoms with Gasteiger partial charge in [-0.05, 0) is 241 Å². The van der Waals surface area contributed by atoms with Crippen LogP contribution in [0.25, 0.3) is 53.6 Å². The summed E-state index contributed by atoms with van der Waals surface area (Å²) in [4.78, 5) is 1.71. The number of aryl methyl sites for hydroxylation is 9. The van der Waals surface area contributed by atoms with Crippen LogP contribution in [0, 0.1) is 85.6 Å². The number of hydrogen-bond acceptors (Lipinski definition) is 8. The fourth-order valence-electron chi connectivity index (χ4n) is 16.9. The van der Waals surface area contributed by atoms with E-state index >= 15 is 17.6 Å². The summed E-state index contributed by atoms with van der Waals surface area (Å²) in [5.74, 6) is 3.50. The quantitative estimate of drug-likeness (QED) is 0.129. The number of rotatable bonds is 4. The maximum Gasteiger partial charge on any atom is 0.273 e. The molecule has 0 radical (unpaired) electrons. The fourth-order valence-corrected chi connectivity index (χ4v) is 19.4. The molecular weight excluding hydrogens is 1220 g/mol. The van der Waals surface area contributed by atoms with E-state index in [2.05, 4.69) is 135 Å². The minimum Gasteiger partial charge on any atom is -0.458 e. The first-order valence-electron chi connectivity index (χ1n) is 31.6. The third kappa shape index (κ3) is 7.85. The van der Waals surface area contributed by atoms with Crippen molar-refractivity contribution in [1.29, 1.82) is 0 Å². The van der Waals surface area contributed by atoms with E-state index in [0.29, 0.717) is 79.6 Å². The third-order valence-electron chi connectivity index (χ3n) is 20.1. The number of ether oxygens (including phenoxy) is 5. The number of thiophene rings is 2. The highest BCUT2D eigenvalue weighted by Gasteiger charge is 2.50. The predicted octanol–water partition coefficient (Wildman–Crippen LogP) is 16.3. The highest BCUT2D eigenvalue weighted by atomic mass is 32.1. The van der Waals surface area contributed by atoms with E-state index in [4.69, 9.17) is 23.7 Å². The van der Waals surface area contributed by atoms with E-state index in [1.807, 2.05) is 30.3 Å². The minimum absolute atomic E-state index is 0.257. The van der Waals surface area contributed by atoms with Gasteiger partial charge in [0.25, 0.3) is 20.1 Å². The van der Waals surface area contributed by atoms with Gasteiger partial charge in [-0.25, -0.2) is 17.6 Å². The Balaban J connectivity index is 0.886. The average molecular weight is 1270 g/mol. The molecule has 452 valence electrons. The van der Waals surface area contributed by atoms with Crippen molar-refractivity contribution >= 4 is 128 Å². The maximum absolute atomic E-state index is 17.3. The lowest BCUT2D eigenvalue weighted by Gasteiger charge is -2.41. The summed E-state index contributed by atoms with van der Waals surface area (Å²) in [6, 6.07) is 47.6. The Morgan fingerprint density at radius 3 is 1.19 bits per heavy atom. The summed E-state index contributed by atoms with van der Waals surface area (Å²) in [6.07, 6.45) is 0. The molecule has 11 aromatic carbocycles. The third-order valence-corrected chi connectivity index (χ3v) is 22.6. The Morgan fingerprint density at radius 1 is 0.340 bits per heavy atom. The number of para-hydroxylation sites is 1. The molecule has 0 saturated carbocycles. The van der Waals surface area contributed by atoms with Crippen molar-refractivity contribution in [3.05, 3.63) is 225 Å². The molecule has 0 bridgehead atoms. The van der Waals surface area contributed by atoms with Crippen LogP contribution in [0.2, 0.25) is 0 Å². The van der Waals surface area contributed by atoms with Crippen LogP contribution in [-0.4, -0.2) is 20.1 Å². The lowest BCUT2D eigenvalue weighted by atomic mass is 9.31. The van der Waals surface area contributed by atoms with Crippen LogP contribution in [0.4, 0.5) is 34.6 Å². The van der Waals surface area contributed by atoms with Crippen LogP contribution in [0.5, 0.6) is 57.5 Å². The van der Waals surface area contributed by atoms with E-state index in [1.165, 1.54) is 53.3 Å². The summed E-state index contributed by atoms with van der Waals surface area (Å²) < 4.78 is 106. The number of fused-ring (bicyclic) bond motifs is 16. The normalized spacial score (nSPS) is 13.7. The molecule has 6 aliphatic rings. The van der Waals surface area contributed by atoms with Gasteiger partial charge in [0.15, 0.2) is 0 Å². The van der Waals surface area contributed by atoms with Crippen molar-refractivity contribution in [3.63, 3.8) is 0 Å². The summed E-state index contributed by atoms with van der Waals surface area (Å²) in [5.41, 5.74) is 22.1. The van der Waals surface area contributed by atoms with Crippen molar-refractivity contribution in [2.24, 2.45) is 0 Å². The Hall–Kier alpha value is -9.95. The summed E-state index contributed by atoms with van der Waals surface area (Å²) in [7, 11) is 0. The van der Waals surface area contributed by atoms with E-state index in [0.717, 1.165) is 135 Å². The van der Waals surface area contributed by atoms with E-state index in [9.17, 15) is 0 Å². The van der Waals surface area contributed by atoms with Crippen molar-refractivity contribution in [2.45, 2.75) is 62.3 Å². The molecule has 0 saturated heterocycles. The first-order chi connectivity index (χ1) is 45.4. The fraction of sp³-hybridized carbons (Fsp3) is 0.114. The van der Waals surface area contributed by atoms with Crippen molar-refractivity contribution in [2.75, 3.05) is 4.90 Å². The smallest absolute Gasteiger partial charge is 0.273 e. The lowest BCUT2D eigenvalue weighted by molar-refractivity contribution is 0.453. The number of nitrogens with zero attached hydrogens (tertiary/aromatic N) is 1. The Bertz CT molecular complexity index is 5630. The van der Waals surface area contributed by atoms with Gasteiger partial charge in [-0.2, -0.15) is 0 Å². The second-order valence-corrected chi connectivity index (χ2v) is 28.6. The Morgan fingerprint density at radius 2 is 0.723 bits per heavy atom. The van der Waals surface area contributed by atoms with Crippen LogP contribution in [0.3, 0.4) is 0 Å². The zero-order valence-electron chi connectivity index (χ0n) is 52.5. The first kappa shape index (κ1) is 55.7. The zero-order chi connectivity index (χ0) is 63.9. The van der Waals surface area contributed by atoms with Crippen LogP contribution >= 0.6 is 22.7 Å². The summed E-state index contributed by atoms with van der Waals surface area (Å²) in [5, 5.41) is 1.32. The average Bonchev–Trinajstić information content (AvgIpc) is 1.13. The SMILES string of the molecule is Cc1cc(C)c(-c2cc3c4c(c2)Oc2cc5c(cc2B4c2cc4c(cc2O3)Oc2cc(-c3c(C)cc(C)cc3C)cc3c2B4c2sc4ccc(F)cc4c2O3)B2c3sc4ccc(F)cc4c3Oc3cc(-c4c(C)cc(C)cc4C)cc(c32)N5c2c(F)cccc2F)c(C)c1. The van der Waals surface area contributed by atoms with Gasteiger partial charge in [0.2, 0.25) is 0 Å². The molecule has 0 aliphatic carbocycles. The van der Waals surface area contributed by atoms with Crippen molar-refractivity contribution in [1.82, 2.24) is 0 Å². The highest BCUT2D eigenvalue weighted by Crippen LogP contribution is 2.51. The molecule has 13 aromatic rings. The second kappa shape index (κ2) is 19.6. The Kier molecular flexibility index (Phi) is 11.6. The minimum atomic E-state index is -0.755. The standard InChI is InChI=1S/C79H52B3F4NO5S2/c1-35-17-38(4)69(39(5)18-35)44-23-58-72-62(24-44)91-76-49-29-47(83)13-15-67(49)93-78(76)81(72)51-31-52-59(33-57(51)87(58)75-55(85)11-10-12-56(75)86)88-63-25-45(70-40(6)19-36(2)20-41(70)7)26-64-73(63)80(52)53-32-54-61(34-60(53)89-64)90-65-27-46(71-42(8)21-37(3)22-43(71)9)28-66-74(65)82(54)79-77(92-66)50-30-48(84)14-16-68(50)94-79/h10-34H,1-9H3. The van der Waals surface area contributed by atoms with E-state index < -0.39 is 37.6 Å². The van der Waals surface area contributed by atoms with Crippen LogP contribution in [0.1, 0.15) is 50.1 Å². The van der Waals surface area contributed by atoms with Gasteiger partial charge in [-0.1, -0.05) is 71.3 Å². The van der Waals surface area contributed by atoms with Crippen molar-refractivity contribution < 1.29 is 41.2 Å². The molecule has 0 spiro atoms. The zero-order valence-corrected chi connectivity index (χ0v) is 54.1. The number of anilines is 3. The molecule has 2 aromatic heterocycles. The van der Waals surface area contributed by atoms with Crippen LogP contribution < -0.4 is 76.4 Å². The first-order valence-corrected chi connectivity index (χ1v) is 33.2. The van der Waals surface area contributed by atoms with Gasteiger partial charge in [0, 0.05) is 64.2 Å². The monoisotopic (exact) mass is 1270 g/mol. The topological polar surface area (TPSA) is 49.4 Å². The highest BCUT2D eigenvalue weighted by molar-refractivity contribution is 7.34. The van der Waals surface area contributed by atoms with Gasteiger partial charge in [0.05, 0.1) is 0 Å². The second-order valence-electron chi connectivity index (χ2n) is 26.5. The Labute approximate surface area is 548 Å². The molecule has 0 fully saturated rings. The van der Waals surface area contributed by atoms with Gasteiger partial charge in [0.1, 0.15) is 86.5 Å². The number of halogens is 4. The van der Waals surface area contributed by atoms with Crippen molar-refractivity contribution in [3.8, 4) is 90.9 Å². The summed E-state index contributed by atoms with van der Waals surface area (Å²) >= 11 is 3.11. The largest absolute Gasteiger partial charge is 0.458 e. The molecule has 6 nitrogen and oxygen atoms in total. The molecule has 8 heterocycles. The molecule has 0 atom stereocenters. The van der Waals surface area contributed by atoms with Crippen LogP contribution in [-0.2, 0) is 0 Å². The van der Waals surface area contributed by atoms with Gasteiger partial charge in [-0.15, -0.1) is 22.7 Å². The lowest BCUT2D eigenvalue weighted by Crippen LogP contribution is -2.63. The van der Waals surface area contributed by atoms with Gasteiger partial charge < -0.3 is 28.6 Å².